The Hall–Kier alpha value is -0.870. The molecule has 0 amide bonds. The van der Waals surface area contributed by atoms with Crippen molar-refractivity contribution < 1.29 is 8.42 Å². The highest BCUT2D eigenvalue weighted by molar-refractivity contribution is 9.10. The molecule has 1 N–H and O–H groups in total. The number of sulfonamides is 1. The first kappa shape index (κ1) is 18.2. The summed E-state index contributed by atoms with van der Waals surface area (Å²) in [7, 11) is -1.78. The summed E-state index contributed by atoms with van der Waals surface area (Å²) in [5.74, 6) is 2.42. The second kappa shape index (κ2) is 7.95. The monoisotopic (exact) mass is 372 g/mol. The van der Waals surface area contributed by atoms with Crippen molar-refractivity contribution in [2.24, 2.45) is 0 Å². The number of rotatable bonds is 7. The third-order valence-electron chi connectivity index (χ3n) is 3.02. The summed E-state index contributed by atoms with van der Waals surface area (Å²) in [6.45, 7) is 4.91. The van der Waals surface area contributed by atoms with E-state index in [1.165, 1.54) is 4.31 Å². The molecule has 0 fully saturated rings. The van der Waals surface area contributed by atoms with Gasteiger partial charge in [-0.05, 0) is 53.5 Å². The van der Waals surface area contributed by atoms with E-state index in [4.69, 9.17) is 6.42 Å². The number of halogens is 1. The van der Waals surface area contributed by atoms with Gasteiger partial charge in [0.25, 0.3) is 0 Å². The SMILES string of the molecule is C#CCN(CCC)S(=O)(=O)c1cc(CNC)cc(C)c1Br. The molecule has 0 aromatic heterocycles. The molecular formula is C15H21BrN2O2S. The Bertz CT molecular complexity index is 636. The van der Waals surface area contributed by atoms with Crippen LogP contribution in [-0.2, 0) is 16.6 Å². The summed E-state index contributed by atoms with van der Waals surface area (Å²) in [4.78, 5) is 0.274. The van der Waals surface area contributed by atoms with Gasteiger partial charge in [-0.15, -0.1) is 6.42 Å². The molecule has 0 saturated heterocycles. The molecule has 0 aliphatic carbocycles. The summed E-state index contributed by atoms with van der Waals surface area (Å²) >= 11 is 3.39. The third-order valence-corrected chi connectivity index (χ3v) is 6.20. The Morgan fingerprint density at radius 2 is 2.10 bits per heavy atom. The quantitative estimate of drug-likeness (QED) is 0.748. The number of hydrogen-bond acceptors (Lipinski definition) is 3. The van der Waals surface area contributed by atoms with Gasteiger partial charge in [0, 0.05) is 17.6 Å². The van der Waals surface area contributed by atoms with Crippen molar-refractivity contribution in [3.63, 3.8) is 0 Å². The molecule has 0 saturated carbocycles. The lowest BCUT2D eigenvalue weighted by Gasteiger charge is -2.21. The maximum Gasteiger partial charge on any atom is 0.245 e. The van der Waals surface area contributed by atoms with Crippen LogP contribution in [0.4, 0.5) is 0 Å². The lowest BCUT2D eigenvalue weighted by molar-refractivity contribution is 0.445. The Morgan fingerprint density at radius 3 is 2.62 bits per heavy atom. The predicted molar refractivity (Wildman–Crippen MR) is 89.5 cm³/mol. The molecule has 0 unspecified atom stereocenters. The van der Waals surface area contributed by atoms with E-state index in [-0.39, 0.29) is 11.4 Å². The van der Waals surface area contributed by atoms with Gasteiger partial charge in [0.05, 0.1) is 11.4 Å². The van der Waals surface area contributed by atoms with Crippen molar-refractivity contribution in [1.82, 2.24) is 9.62 Å². The predicted octanol–water partition coefficient (Wildman–Crippen LogP) is 2.51. The number of benzene rings is 1. The molecule has 1 aromatic rings. The molecule has 1 rings (SSSR count). The number of nitrogens with zero attached hydrogens (tertiary/aromatic N) is 1. The van der Waals surface area contributed by atoms with Gasteiger partial charge in [-0.25, -0.2) is 8.42 Å². The first-order chi connectivity index (χ1) is 9.88. The topological polar surface area (TPSA) is 49.4 Å². The smallest absolute Gasteiger partial charge is 0.245 e. The van der Waals surface area contributed by atoms with Gasteiger partial charge in [-0.2, -0.15) is 4.31 Å². The molecule has 6 heteroatoms. The zero-order chi connectivity index (χ0) is 16.0. The highest BCUT2D eigenvalue weighted by atomic mass is 79.9. The maximum absolute atomic E-state index is 12.8. The highest BCUT2D eigenvalue weighted by Crippen LogP contribution is 2.29. The average Bonchev–Trinajstić information content (AvgIpc) is 2.42. The van der Waals surface area contributed by atoms with E-state index in [0.717, 1.165) is 11.1 Å². The summed E-state index contributed by atoms with van der Waals surface area (Å²) in [5, 5.41) is 3.03. The van der Waals surface area contributed by atoms with E-state index >= 15 is 0 Å². The minimum Gasteiger partial charge on any atom is -0.316 e. The Labute approximate surface area is 136 Å². The number of hydrogen-bond donors (Lipinski definition) is 1. The van der Waals surface area contributed by atoms with Crippen LogP contribution in [0.3, 0.4) is 0 Å². The van der Waals surface area contributed by atoms with E-state index < -0.39 is 10.0 Å². The number of aryl methyl sites for hydroxylation is 1. The molecule has 21 heavy (non-hydrogen) atoms. The van der Waals surface area contributed by atoms with E-state index in [0.29, 0.717) is 24.0 Å². The lowest BCUT2D eigenvalue weighted by atomic mass is 10.1. The lowest BCUT2D eigenvalue weighted by Crippen LogP contribution is -2.32. The average molecular weight is 373 g/mol. The number of nitrogens with one attached hydrogen (secondary N) is 1. The van der Waals surface area contributed by atoms with E-state index in [9.17, 15) is 8.42 Å². The molecule has 0 bridgehead atoms. The normalized spacial score (nSPS) is 11.6. The van der Waals surface area contributed by atoms with Crippen LogP contribution in [0.2, 0.25) is 0 Å². The van der Waals surface area contributed by atoms with Gasteiger partial charge in [0.15, 0.2) is 0 Å². The van der Waals surface area contributed by atoms with Gasteiger partial charge in [0.1, 0.15) is 0 Å². The van der Waals surface area contributed by atoms with Gasteiger partial charge < -0.3 is 5.32 Å². The van der Waals surface area contributed by atoms with E-state index in [2.05, 4.69) is 27.2 Å². The van der Waals surface area contributed by atoms with Crippen LogP contribution in [0.1, 0.15) is 24.5 Å². The van der Waals surface area contributed by atoms with Crippen LogP contribution in [0.25, 0.3) is 0 Å². The molecule has 116 valence electrons. The van der Waals surface area contributed by atoms with Crippen LogP contribution in [0, 0.1) is 19.3 Å². The fourth-order valence-electron chi connectivity index (χ4n) is 2.08. The fourth-order valence-corrected chi connectivity index (χ4v) is 4.55. The first-order valence-electron chi connectivity index (χ1n) is 6.75. The van der Waals surface area contributed by atoms with Gasteiger partial charge >= 0.3 is 0 Å². The second-order valence-corrected chi connectivity index (χ2v) is 7.50. The summed E-state index contributed by atoms with van der Waals surface area (Å²) in [6, 6.07) is 3.66. The minimum atomic E-state index is -3.60. The van der Waals surface area contributed by atoms with Gasteiger partial charge in [0.2, 0.25) is 10.0 Å². The highest BCUT2D eigenvalue weighted by Gasteiger charge is 2.26. The minimum absolute atomic E-state index is 0.0813. The zero-order valence-corrected chi connectivity index (χ0v) is 15.0. The Morgan fingerprint density at radius 1 is 1.43 bits per heavy atom. The van der Waals surface area contributed by atoms with Gasteiger partial charge in [-0.3, -0.25) is 0 Å². The first-order valence-corrected chi connectivity index (χ1v) is 8.99. The van der Waals surface area contributed by atoms with Gasteiger partial charge in [-0.1, -0.05) is 18.9 Å². The maximum atomic E-state index is 12.8. The van der Waals surface area contributed by atoms with Crippen molar-refractivity contribution in [2.75, 3.05) is 20.1 Å². The summed E-state index contributed by atoms with van der Waals surface area (Å²) in [5.41, 5.74) is 1.81. The third kappa shape index (κ3) is 4.30. The molecule has 0 atom stereocenters. The molecule has 0 aliphatic rings. The fraction of sp³-hybridized carbons (Fsp3) is 0.467. The van der Waals surface area contributed by atoms with Crippen LogP contribution in [-0.4, -0.2) is 32.9 Å². The van der Waals surface area contributed by atoms with Crippen molar-refractivity contribution in [1.29, 1.82) is 0 Å². The molecule has 4 nitrogen and oxygen atoms in total. The summed E-state index contributed by atoms with van der Waals surface area (Å²) < 4.78 is 27.6. The van der Waals surface area contributed by atoms with Crippen LogP contribution in [0.5, 0.6) is 0 Å². The van der Waals surface area contributed by atoms with Crippen LogP contribution in [0.15, 0.2) is 21.5 Å². The Balaban J connectivity index is 3.38. The van der Waals surface area contributed by atoms with E-state index in [1.807, 2.05) is 27.0 Å². The largest absolute Gasteiger partial charge is 0.316 e. The van der Waals surface area contributed by atoms with Crippen molar-refractivity contribution >= 4 is 26.0 Å². The molecule has 1 aromatic carbocycles. The molecule has 0 spiro atoms. The standard InChI is InChI=1S/C15H21BrN2O2S/c1-5-7-18(8-6-2)21(19,20)14-10-13(11-17-4)9-12(3)15(14)16/h1,9-10,17H,6-8,11H2,2-4H3. The molecular weight excluding hydrogens is 352 g/mol. The van der Waals surface area contributed by atoms with E-state index in [1.54, 1.807) is 6.07 Å². The zero-order valence-electron chi connectivity index (χ0n) is 12.6. The number of terminal acetylenes is 1. The second-order valence-electron chi connectivity index (χ2n) is 4.80. The van der Waals surface area contributed by atoms with Crippen LogP contribution < -0.4 is 5.32 Å². The van der Waals surface area contributed by atoms with Crippen molar-refractivity contribution in [3.8, 4) is 12.3 Å². The molecule has 0 radical (unpaired) electrons. The Kier molecular flexibility index (Phi) is 6.88. The molecule has 0 aliphatic heterocycles. The van der Waals surface area contributed by atoms with Crippen LogP contribution >= 0.6 is 15.9 Å². The van der Waals surface area contributed by atoms with Crippen molar-refractivity contribution in [3.05, 3.63) is 27.7 Å². The summed E-state index contributed by atoms with van der Waals surface area (Å²) in [6.07, 6.45) is 6.02. The molecule has 0 heterocycles. The van der Waals surface area contributed by atoms with Crippen molar-refractivity contribution in [2.45, 2.75) is 31.7 Å².